The van der Waals surface area contributed by atoms with Crippen LogP contribution >= 0.6 is 11.6 Å². The van der Waals surface area contributed by atoms with Crippen molar-refractivity contribution in [2.75, 3.05) is 11.4 Å². The van der Waals surface area contributed by atoms with Crippen LogP contribution in [-0.4, -0.2) is 16.5 Å². The van der Waals surface area contributed by atoms with Crippen LogP contribution in [0.15, 0.2) is 42.7 Å². The molecule has 0 N–H and O–H groups in total. The number of nitrogens with zero attached hydrogens (tertiary/aromatic N) is 3. The van der Waals surface area contributed by atoms with E-state index in [9.17, 15) is 0 Å². The van der Waals surface area contributed by atoms with Gasteiger partial charge >= 0.3 is 0 Å². The fourth-order valence-electron chi connectivity index (χ4n) is 1.76. The zero-order valence-corrected chi connectivity index (χ0v) is 11.1. The SMILES string of the molecule is CCCCN(c1ccccc1)c1cncc(Cl)n1. The third kappa shape index (κ3) is 3.20. The smallest absolute Gasteiger partial charge is 0.153 e. The predicted octanol–water partition coefficient (Wildman–Crippen LogP) is 4.07. The molecule has 0 unspecified atom stereocenters. The van der Waals surface area contributed by atoms with Crippen molar-refractivity contribution in [3.63, 3.8) is 0 Å². The van der Waals surface area contributed by atoms with E-state index in [4.69, 9.17) is 11.6 Å². The third-order valence-electron chi connectivity index (χ3n) is 2.67. The summed E-state index contributed by atoms with van der Waals surface area (Å²) in [6, 6.07) is 10.2. The van der Waals surface area contributed by atoms with Crippen molar-refractivity contribution in [1.82, 2.24) is 9.97 Å². The lowest BCUT2D eigenvalue weighted by molar-refractivity contribution is 0.778. The zero-order valence-electron chi connectivity index (χ0n) is 10.4. The van der Waals surface area contributed by atoms with Crippen LogP contribution in [0.25, 0.3) is 0 Å². The standard InChI is InChI=1S/C14H16ClN3/c1-2-3-9-18(12-7-5-4-6-8-12)14-11-16-10-13(15)17-14/h4-8,10-11H,2-3,9H2,1H3. The van der Waals surface area contributed by atoms with E-state index in [1.165, 1.54) is 0 Å². The molecule has 0 saturated carbocycles. The maximum atomic E-state index is 5.91. The van der Waals surface area contributed by atoms with E-state index in [0.29, 0.717) is 5.15 Å². The van der Waals surface area contributed by atoms with Crippen molar-refractivity contribution in [3.05, 3.63) is 47.9 Å². The fraction of sp³-hybridized carbons (Fsp3) is 0.286. The fourth-order valence-corrected chi connectivity index (χ4v) is 1.91. The van der Waals surface area contributed by atoms with Crippen LogP contribution < -0.4 is 4.90 Å². The molecular formula is C14H16ClN3. The average Bonchev–Trinajstić information content (AvgIpc) is 2.40. The Morgan fingerprint density at radius 3 is 2.61 bits per heavy atom. The molecule has 0 bridgehead atoms. The second-order valence-electron chi connectivity index (χ2n) is 4.04. The molecule has 0 saturated heterocycles. The van der Waals surface area contributed by atoms with Crippen LogP contribution in [0.5, 0.6) is 0 Å². The van der Waals surface area contributed by atoms with Gasteiger partial charge in [0.2, 0.25) is 0 Å². The molecule has 0 atom stereocenters. The minimum Gasteiger partial charge on any atom is -0.325 e. The first kappa shape index (κ1) is 12.8. The van der Waals surface area contributed by atoms with Crippen LogP contribution in [0.1, 0.15) is 19.8 Å². The van der Waals surface area contributed by atoms with Crippen molar-refractivity contribution in [2.45, 2.75) is 19.8 Å². The van der Waals surface area contributed by atoms with Gasteiger partial charge in [-0.1, -0.05) is 43.1 Å². The minimum absolute atomic E-state index is 0.421. The van der Waals surface area contributed by atoms with Gasteiger partial charge in [-0.05, 0) is 18.6 Å². The molecule has 1 aromatic carbocycles. The van der Waals surface area contributed by atoms with Crippen LogP contribution in [0.4, 0.5) is 11.5 Å². The molecule has 0 aliphatic heterocycles. The Morgan fingerprint density at radius 2 is 1.94 bits per heavy atom. The molecule has 1 aromatic heterocycles. The Labute approximate surface area is 112 Å². The van der Waals surface area contributed by atoms with E-state index in [2.05, 4.69) is 33.9 Å². The number of rotatable bonds is 5. The number of para-hydroxylation sites is 1. The lowest BCUT2D eigenvalue weighted by Crippen LogP contribution is -2.19. The molecule has 4 heteroatoms. The first-order valence-electron chi connectivity index (χ1n) is 6.11. The predicted molar refractivity (Wildman–Crippen MR) is 75.4 cm³/mol. The molecule has 94 valence electrons. The average molecular weight is 262 g/mol. The maximum Gasteiger partial charge on any atom is 0.153 e. The topological polar surface area (TPSA) is 29.0 Å². The van der Waals surface area contributed by atoms with Crippen molar-refractivity contribution in [3.8, 4) is 0 Å². The van der Waals surface area contributed by atoms with Crippen LogP contribution in [-0.2, 0) is 0 Å². The normalized spacial score (nSPS) is 10.3. The van der Waals surface area contributed by atoms with E-state index in [1.807, 2.05) is 18.2 Å². The summed E-state index contributed by atoms with van der Waals surface area (Å²) in [5.74, 6) is 0.794. The zero-order chi connectivity index (χ0) is 12.8. The quantitative estimate of drug-likeness (QED) is 0.812. The third-order valence-corrected chi connectivity index (χ3v) is 2.85. The summed E-state index contributed by atoms with van der Waals surface area (Å²) in [7, 11) is 0. The second kappa shape index (κ2) is 6.36. The van der Waals surface area contributed by atoms with E-state index in [0.717, 1.165) is 30.9 Å². The summed E-state index contributed by atoms with van der Waals surface area (Å²) in [4.78, 5) is 10.6. The number of hydrogen-bond donors (Lipinski definition) is 0. The number of benzene rings is 1. The van der Waals surface area contributed by atoms with E-state index >= 15 is 0 Å². The molecule has 1 heterocycles. The van der Waals surface area contributed by atoms with Gasteiger partial charge in [0.25, 0.3) is 0 Å². The molecule has 2 rings (SSSR count). The summed E-state index contributed by atoms with van der Waals surface area (Å²) in [5.41, 5.74) is 1.11. The lowest BCUT2D eigenvalue weighted by atomic mass is 10.2. The van der Waals surface area contributed by atoms with E-state index in [1.54, 1.807) is 12.4 Å². The maximum absolute atomic E-state index is 5.91. The van der Waals surface area contributed by atoms with Gasteiger partial charge in [-0.3, -0.25) is 4.98 Å². The Morgan fingerprint density at radius 1 is 1.17 bits per heavy atom. The number of aromatic nitrogens is 2. The van der Waals surface area contributed by atoms with Crippen molar-refractivity contribution < 1.29 is 0 Å². The van der Waals surface area contributed by atoms with Crippen LogP contribution in [0.2, 0.25) is 5.15 Å². The highest BCUT2D eigenvalue weighted by atomic mass is 35.5. The van der Waals surface area contributed by atoms with Gasteiger partial charge in [0.15, 0.2) is 5.82 Å². The van der Waals surface area contributed by atoms with Crippen molar-refractivity contribution in [1.29, 1.82) is 0 Å². The Hall–Kier alpha value is -1.61. The van der Waals surface area contributed by atoms with E-state index in [-0.39, 0.29) is 0 Å². The highest BCUT2D eigenvalue weighted by molar-refractivity contribution is 6.29. The van der Waals surface area contributed by atoms with Gasteiger partial charge in [0, 0.05) is 12.2 Å². The largest absolute Gasteiger partial charge is 0.325 e. The van der Waals surface area contributed by atoms with Gasteiger partial charge in [-0.2, -0.15) is 0 Å². The first-order valence-corrected chi connectivity index (χ1v) is 6.49. The molecule has 0 aliphatic rings. The summed E-state index contributed by atoms with van der Waals surface area (Å²) in [6.07, 6.45) is 5.53. The number of halogens is 1. The molecule has 3 nitrogen and oxygen atoms in total. The first-order chi connectivity index (χ1) is 8.81. The Kier molecular flexibility index (Phi) is 4.53. The van der Waals surface area contributed by atoms with Gasteiger partial charge in [0.1, 0.15) is 5.15 Å². The van der Waals surface area contributed by atoms with Gasteiger partial charge < -0.3 is 4.90 Å². The summed E-state index contributed by atoms with van der Waals surface area (Å²) in [5, 5.41) is 0.421. The summed E-state index contributed by atoms with van der Waals surface area (Å²) in [6.45, 7) is 3.09. The van der Waals surface area contributed by atoms with Crippen LogP contribution in [0, 0.1) is 0 Å². The monoisotopic (exact) mass is 261 g/mol. The minimum atomic E-state index is 0.421. The Balaban J connectivity index is 2.31. The van der Waals surface area contributed by atoms with Gasteiger partial charge in [-0.25, -0.2) is 4.98 Å². The number of hydrogen-bond acceptors (Lipinski definition) is 3. The van der Waals surface area contributed by atoms with E-state index < -0.39 is 0 Å². The molecule has 0 amide bonds. The van der Waals surface area contributed by atoms with Crippen molar-refractivity contribution >= 4 is 23.1 Å². The molecule has 0 fully saturated rings. The van der Waals surface area contributed by atoms with Crippen LogP contribution in [0.3, 0.4) is 0 Å². The number of unbranched alkanes of at least 4 members (excludes halogenated alkanes) is 1. The highest BCUT2D eigenvalue weighted by Crippen LogP contribution is 2.24. The summed E-state index contributed by atoms with van der Waals surface area (Å²) >= 11 is 5.91. The molecule has 18 heavy (non-hydrogen) atoms. The molecule has 0 aliphatic carbocycles. The van der Waals surface area contributed by atoms with Gasteiger partial charge in [0.05, 0.1) is 12.4 Å². The van der Waals surface area contributed by atoms with Crippen molar-refractivity contribution in [2.24, 2.45) is 0 Å². The molecule has 2 aromatic rings. The lowest BCUT2D eigenvalue weighted by Gasteiger charge is -2.23. The van der Waals surface area contributed by atoms with Gasteiger partial charge in [-0.15, -0.1) is 0 Å². The molecular weight excluding hydrogens is 246 g/mol. The molecule has 0 radical (unpaired) electrons. The number of anilines is 2. The molecule has 0 spiro atoms. The summed E-state index contributed by atoms with van der Waals surface area (Å²) < 4.78 is 0. The Bertz CT molecular complexity index is 487. The highest BCUT2D eigenvalue weighted by Gasteiger charge is 2.10. The second-order valence-corrected chi connectivity index (χ2v) is 4.43.